The van der Waals surface area contributed by atoms with E-state index in [1.807, 2.05) is 0 Å². The summed E-state index contributed by atoms with van der Waals surface area (Å²) in [7, 11) is 1.53. The zero-order valence-electron chi connectivity index (χ0n) is 9.48. The summed E-state index contributed by atoms with van der Waals surface area (Å²) in [6.45, 7) is 1.62. The van der Waals surface area contributed by atoms with Gasteiger partial charge in [-0.3, -0.25) is 4.79 Å². The maximum atomic E-state index is 13.4. The van der Waals surface area contributed by atoms with E-state index in [-0.39, 0.29) is 18.0 Å². The molecule has 0 heterocycles. The fourth-order valence-electron chi connectivity index (χ4n) is 1.36. The van der Waals surface area contributed by atoms with Crippen LogP contribution in [0.25, 0.3) is 0 Å². The van der Waals surface area contributed by atoms with Gasteiger partial charge in [0, 0.05) is 13.5 Å². The predicted molar refractivity (Wildman–Crippen MR) is 60.7 cm³/mol. The number of hydrogen-bond acceptors (Lipinski definition) is 2. The second-order valence-electron chi connectivity index (χ2n) is 3.79. The number of rotatable bonds is 4. The van der Waals surface area contributed by atoms with E-state index in [2.05, 4.69) is 0 Å². The lowest BCUT2D eigenvalue weighted by Crippen LogP contribution is -2.27. The van der Waals surface area contributed by atoms with Crippen molar-refractivity contribution < 1.29 is 14.3 Å². The zero-order valence-corrected chi connectivity index (χ0v) is 9.48. The molecule has 0 aliphatic carbocycles. The van der Waals surface area contributed by atoms with Gasteiger partial charge in [0.2, 0.25) is 5.91 Å². The summed E-state index contributed by atoms with van der Waals surface area (Å²) < 4.78 is 13.4. The number of halogens is 1. The zero-order chi connectivity index (χ0) is 12.1. The van der Waals surface area contributed by atoms with Gasteiger partial charge in [0.05, 0.1) is 11.8 Å². The molecule has 1 atom stereocenters. The quantitative estimate of drug-likeness (QED) is 0.850. The summed E-state index contributed by atoms with van der Waals surface area (Å²) in [6.07, 6.45) is 0.0816. The third-order valence-electron chi connectivity index (χ3n) is 2.36. The van der Waals surface area contributed by atoms with Gasteiger partial charge in [-0.2, -0.15) is 0 Å². The van der Waals surface area contributed by atoms with Gasteiger partial charge in [-0.1, -0.05) is 12.1 Å². The molecule has 0 aromatic heterocycles. The first-order valence-electron chi connectivity index (χ1n) is 5.21. The van der Waals surface area contributed by atoms with Crippen LogP contribution in [0.1, 0.15) is 19.8 Å². The minimum Gasteiger partial charge on any atom is -0.393 e. The van der Waals surface area contributed by atoms with Crippen LogP contribution in [0.15, 0.2) is 24.3 Å². The highest BCUT2D eigenvalue weighted by Gasteiger charge is 2.14. The van der Waals surface area contributed by atoms with Gasteiger partial charge in [-0.15, -0.1) is 0 Å². The van der Waals surface area contributed by atoms with E-state index in [4.69, 9.17) is 5.11 Å². The molecule has 0 radical (unpaired) electrons. The summed E-state index contributed by atoms with van der Waals surface area (Å²) in [5.41, 5.74) is 0.262. The molecule has 1 unspecified atom stereocenters. The van der Waals surface area contributed by atoms with Crippen LogP contribution in [0.4, 0.5) is 10.1 Å². The number of aliphatic hydroxyl groups excluding tert-OH is 1. The Bertz CT molecular complexity index is 366. The van der Waals surface area contributed by atoms with Crippen molar-refractivity contribution in [2.45, 2.75) is 25.9 Å². The third kappa shape index (κ3) is 3.31. The lowest BCUT2D eigenvalue weighted by atomic mass is 10.2. The molecule has 3 nitrogen and oxygen atoms in total. The highest BCUT2D eigenvalue weighted by atomic mass is 19.1. The van der Waals surface area contributed by atoms with Gasteiger partial charge in [0.1, 0.15) is 5.82 Å². The molecule has 0 saturated heterocycles. The summed E-state index contributed by atoms with van der Waals surface area (Å²) in [5, 5.41) is 9.06. The molecule has 0 aliphatic heterocycles. The van der Waals surface area contributed by atoms with Crippen molar-refractivity contribution in [2.75, 3.05) is 11.9 Å². The van der Waals surface area contributed by atoms with E-state index in [0.29, 0.717) is 6.42 Å². The van der Waals surface area contributed by atoms with Gasteiger partial charge >= 0.3 is 0 Å². The van der Waals surface area contributed by atoms with Gasteiger partial charge < -0.3 is 10.0 Å². The number of anilines is 1. The number of carbonyl (C=O) groups excluding carboxylic acids is 1. The summed E-state index contributed by atoms with van der Waals surface area (Å²) in [6, 6.07) is 6.12. The van der Waals surface area contributed by atoms with Crippen molar-refractivity contribution >= 4 is 11.6 Å². The van der Waals surface area contributed by atoms with E-state index in [1.54, 1.807) is 25.1 Å². The second-order valence-corrected chi connectivity index (χ2v) is 3.79. The van der Waals surface area contributed by atoms with Crippen LogP contribution in [0, 0.1) is 5.82 Å². The third-order valence-corrected chi connectivity index (χ3v) is 2.36. The first kappa shape index (κ1) is 12.6. The van der Waals surface area contributed by atoms with Crippen molar-refractivity contribution in [3.05, 3.63) is 30.1 Å². The maximum absolute atomic E-state index is 13.4. The average molecular weight is 225 g/mol. The molecule has 0 fully saturated rings. The number of amides is 1. The molecule has 16 heavy (non-hydrogen) atoms. The Balaban J connectivity index is 2.67. The van der Waals surface area contributed by atoms with Crippen LogP contribution < -0.4 is 4.90 Å². The molecule has 1 rings (SSSR count). The Morgan fingerprint density at radius 1 is 1.50 bits per heavy atom. The van der Waals surface area contributed by atoms with Gasteiger partial charge in [-0.25, -0.2) is 4.39 Å². The minimum absolute atomic E-state index is 0.203. The maximum Gasteiger partial charge on any atom is 0.226 e. The summed E-state index contributed by atoms with van der Waals surface area (Å²) >= 11 is 0. The number of benzene rings is 1. The Hall–Kier alpha value is -1.42. The lowest BCUT2D eigenvalue weighted by Gasteiger charge is -2.18. The molecular formula is C12H16FNO2. The van der Waals surface area contributed by atoms with E-state index in [0.717, 1.165) is 0 Å². The molecule has 1 aromatic rings. The number of nitrogens with zero attached hydrogens (tertiary/aromatic N) is 1. The molecule has 1 aromatic carbocycles. The summed E-state index contributed by atoms with van der Waals surface area (Å²) in [4.78, 5) is 12.9. The second kappa shape index (κ2) is 5.61. The number of aliphatic hydroxyl groups is 1. The SMILES string of the molecule is CC(O)CCC(=O)N(C)c1ccccc1F. The predicted octanol–water partition coefficient (Wildman–Crippen LogP) is 1.95. The Morgan fingerprint density at radius 2 is 2.12 bits per heavy atom. The minimum atomic E-state index is -0.516. The fourth-order valence-corrected chi connectivity index (χ4v) is 1.36. The molecule has 0 aliphatic rings. The largest absolute Gasteiger partial charge is 0.393 e. The topological polar surface area (TPSA) is 40.5 Å². The van der Waals surface area contributed by atoms with Crippen molar-refractivity contribution in [2.24, 2.45) is 0 Å². The van der Waals surface area contributed by atoms with Crippen molar-refractivity contribution in [1.82, 2.24) is 0 Å². The van der Waals surface area contributed by atoms with E-state index >= 15 is 0 Å². The monoisotopic (exact) mass is 225 g/mol. The number of para-hydroxylation sites is 1. The van der Waals surface area contributed by atoms with Crippen LogP contribution >= 0.6 is 0 Å². The highest BCUT2D eigenvalue weighted by Crippen LogP contribution is 2.18. The number of hydrogen-bond donors (Lipinski definition) is 1. The van der Waals surface area contributed by atoms with Crippen LogP contribution in [-0.4, -0.2) is 24.2 Å². The molecule has 88 valence electrons. The average Bonchev–Trinajstić information content (AvgIpc) is 2.25. The van der Waals surface area contributed by atoms with E-state index in [9.17, 15) is 9.18 Å². The van der Waals surface area contributed by atoms with Crippen molar-refractivity contribution in [1.29, 1.82) is 0 Å². The van der Waals surface area contributed by atoms with Gasteiger partial charge in [0.15, 0.2) is 0 Å². The first-order chi connectivity index (χ1) is 7.52. The summed E-state index contributed by atoms with van der Waals surface area (Å²) in [5.74, 6) is -0.624. The van der Waals surface area contributed by atoms with Crippen LogP contribution in [0.3, 0.4) is 0 Å². The molecule has 1 amide bonds. The van der Waals surface area contributed by atoms with Crippen LogP contribution in [0.2, 0.25) is 0 Å². The molecule has 0 spiro atoms. The van der Waals surface area contributed by atoms with Crippen molar-refractivity contribution in [3.63, 3.8) is 0 Å². The molecule has 0 saturated carbocycles. The van der Waals surface area contributed by atoms with E-state index < -0.39 is 11.9 Å². The smallest absolute Gasteiger partial charge is 0.226 e. The Labute approximate surface area is 94.5 Å². The Kier molecular flexibility index (Phi) is 4.43. The first-order valence-corrected chi connectivity index (χ1v) is 5.21. The molecule has 4 heteroatoms. The van der Waals surface area contributed by atoms with Gasteiger partial charge in [-0.05, 0) is 25.5 Å². The molecule has 0 bridgehead atoms. The standard InChI is InChI=1S/C12H16FNO2/c1-9(15)7-8-12(16)14(2)11-6-4-3-5-10(11)13/h3-6,9,15H,7-8H2,1-2H3. The van der Waals surface area contributed by atoms with Crippen molar-refractivity contribution in [3.8, 4) is 0 Å². The molecule has 1 N–H and O–H groups in total. The molecular weight excluding hydrogens is 209 g/mol. The van der Waals surface area contributed by atoms with Gasteiger partial charge in [0.25, 0.3) is 0 Å². The normalized spacial score (nSPS) is 12.2. The van der Waals surface area contributed by atoms with E-state index in [1.165, 1.54) is 18.0 Å². The van der Waals surface area contributed by atoms with Crippen LogP contribution in [-0.2, 0) is 4.79 Å². The Morgan fingerprint density at radius 3 is 2.69 bits per heavy atom. The lowest BCUT2D eigenvalue weighted by molar-refractivity contribution is -0.118. The van der Waals surface area contributed by atoms with Crippen LogP contribution in [0.5, 0.6) is 0 Å². The highest BCUT2D eigenvalue weighted by molar-refractivity contribution is 5.92. The number of carbonyl (C=O) groups is 1. The fraction of sp³-hybridized carbons (Fsp3) is 0.417.